The van der Waals surface area contributed by atoms with Gasteiger partial charge in [-0.25, -0.2) is 4.39 Å². The van der Waals surface area contributed by atoms with E-state index in [0.29, 0.717) is 0 Å². The summed E-state index contributed by atoms with van der Waals surface area (Å²) in [5, 5.41) is 1.91. The maximum atomic E-state index is 12.9. The van der Waals surface area contributed by atoms with Gasteiger partial charge in [0.1, 0.15) is 11.6 Å². The summed E-state index contributed by atoms with van der Waals surface area (Å²) in [6.07, 6.45) is -5.31. The molecule has 1 N–H and O–H groups in total. The van der Waals surface area contributed by atoms with E-state index in [1.807, 2.05) is 0 Å². The Balaban J connectivity index is 2.12. The zero-order chi connectivity index (χ0) is 18.6. The SMILES string of the molecule is CC[C@H](Oc1ccc(F)cc1)C(=O)Nc1ccc(Cl)c(C(F)(F)F)c1. The van der Waals surface area contributed by atoms with Crippen LogP contribution in [0.25, 0.3) is 0 Å². The van der Waals surface area contributed by atoms with Crippen molar-refractivity contribution in [2.45, 2.75) is 25.6 Å². The normalized spacial score (nSPS) is 12.6. The second-order valence-corrected chi connectivity index (χ2v) is 5.56. The van der Waals surface area contributed by atoms with Gasteiger partial charge in [0.25, 0.3) is 5.91 Å². The van der Waals surface area contributed by atoms with E-state index in [2.05, 4.69) is 5.32 Å². The molecule has 2 rings (SSSR count). The molecule has 0 saturated heterocycles. The zero-order valence-electron chi connectivity index (χ0n) is 13.0. The summed E-state index contributed by atoms with van der Waals surface area (Å²) in [7, 11) is 0. The van der Waals surface area contributed by atoms with Gasteiger partial charge in [0.2, 0.25) is 0 Å². The highest BCUT2D eigenvalue weighted by Crippen LogP contribution is 2.36. The van der Waals surface area contributed by atoms with Crippen molar-refractivity contribution in [1.29, 1.82) is 0 Å². The fourth-order valence-corrected chi connectivity index (χ4v) is 2.27. The van der Waals surface area contributed by atoms with Crippen LogP contribution in [-0.2, 0) is 11.0 Å². The van der Waals surface area contributed by atoms with Crippen molar-refractivity contribution in [3.05, 3.63) is 58.9 Å². The van der Waals surface area contributed by atoms with Gasteiger partial charge in [-0.3, -0.25) is 4.79 Å². The Hall–Kier alpha value is -2.28. The molecule has 0 aromatic heterocycles. The largest absolute Gasteiger partial charge is 0.481 e. The second kappa shape index (κ2) is 7.74. The quantitative estimate of drug-likeness (QED) is 0.721. The minimum absolute atomic E-state index is 0.0529. The molecule has 2 aromatic rings. The van der Waals surface area contributed by atoms with Crippen molar-refractivity contribution < 1.29 is 27.1 Å². The number of benzene rings is 2. The summed E-state index contributed by atoms with van der Waals surface area (Å²) in [6, 6.07) is 8.14. The molecule has 0 fully saturated rings. The molecule has 1 atom stereocenters. The van der Waals surface area contributed by atoms with Gasteiger partial charge < -0.3 is 10.1 Å². The van der Waals surface area contributed by atoms with E-state index in [1.54, 1.807) is 6.92 Å². The van der Waals surface area contributed by atoms with E-state index in [0.717, 1.165) is 12.1 Å². The van der Waals surface area contributed by atoms with Crippen LogP contribution >= 0.6 is 11.6 Å². The monoisotopic (exact) mass is 375 g/mol. The van der Waals surface area contributed by atoms with Crippen LogP contribution in [-0.4, -0.2) is 12.0 Å². The van der Waals surface area contributed by atoms with Gasteiger partial charge >= 0.3 is 6.18 Å². The number of hydrogen-bond acceptors (Lipinski definition) is 2. The van der Waals surface area contributed by atoms with Gasteiger partial charge in [-0.1, -0.05) is 18.5 Å². The molecule has 25 heavy (non-hydrogen) atoms. The molecule has 0 bridgehead atoms. The first-order valence-corrected chi connectivity index (χ1v) is 7.68. The number of nitrogens with one attached hydrogen (secondary N) is 1. The molecular formula is C17H14ClF4NO2. The predicted octanol–water partition coefficient (Wildman–Crippen LogP) is 5.29. The van der Waals surface area contributed by atoms with E-state index >= 15 is 0 Å². The van der Waals surface area contributed by atoms with E-state index < -0.39 is 34.6 Å². The maximum Gasteiger partial charge on any atom is 0.417 e. The van der Waals surface area contributed by atoms with E-state index in [1.165, 1.54) is 30.3 Å². The van der Waals surface area contributed by atoms with Crippen LogP contribution in [0, 0.1) is 5.82 Å². The van der Waals surface area contributed by atoms with Crippen LogP contribution in [0.4, 0.5) is 23.2 Å². The molecule has 0 radical (unpaired) electrons. The van der Waals surface area contributed by atoms with E-state index in [4.69, 9.17) is 16.3 Å². The number of rotatable bonds is 5. The Bertz CT molecular complexity index is 747. The first kappa shape index (κ1) is 19.1. The topological polar surface area (TPSA) is 38.3 Å². The number of carbonyl (C=O) groups is 1. The average Bonchev–Trinajstić information content (AvgIpc) is 2.55. The fourth-order valence-electron chi connectivity index (χ4n) is 2.04. The number of hydrogen-bond donors (Lipinski definition) is 1. The predicted molar refractivity (Wildman–Crippen MR) is 86.2 cm³/mol. The fraction of sp³-hybridized carbons (Fsp3) is 0.235. The smallest absolute Gasteiger partial charge is 0.417 e. The molecule has 8 heteroatoms. The van der Waals surface area contributed by atoms with Crippen LogP contribution in [0.1, 0.15) is 18.9 Å². The van der Waals surface area contributed by atoms with Gasteiger partial charge in [-0.15, -0.1) is 0 Å². The highest BCUT2D eigenvalue weighted by molar-refractivity contribution is 6.31. The van der Waals surface area contributed by atoms with Gasteiger partial charge in [0.05, 0.1) is 10.6 Å². The first-order chi connectivity index (χ1) is 11.7. The lowest BCUT2D eigenvalue weighted by Crippen LogP contribution is -2.32. The van der Waals surface area contributed by atoms with Crippen molar-refractivity contribution in [1.82, 2.24) is 0 Å². The highest BCUT2D eigenvalue weighted by Gasteiger charge is 2.33. The molecule has 0 saturated carbocycles. The zero-order valence-corrected chi connectivity index (χ0v) is 13.8. The minimum atomic E-state index is -4.63. The highest BCUT2D eigenvalue weighted by atomic mass is 35.5. The molecule has 2 aromatic carbocycles. The van der Waals surface area contributed by atoms with Crippen molar-refractivity contribution >= 4 is 23.2 Å². The van der Waals surface area contributed by atoms with E-state index in [-0.39, 0.29) is 17.9 Å². The standard InChI is InChI=1S/C17H14ClF4NO2/c1-2-15(25-12-6-3-10(19)4-7-12)16(24)23-11-5-8-14(18)13(9-11)17(20,21)22/h3-9,15H,2H2,1H3,(H,23,24)/t15-/m0/s1. The van der Waals surface area contributed by atoms with Gasteiger partial charge in [-0.05, 0) is 48.9 Å². The number of anilines is 1. The molecule has 134 valence electrons. The lowest BCUT2D eigenvalue weighted by molar-refractivity contribution is -0.137. The van der Waals surface area contributed by atoms with Crippen molar-refractivity contribution in [2.24, 2.45) is 0 Å². The average molecular weight is 376 g/mol. The first-order valence-electron chi connectivity index (χ1n) is 7.30. The van der Waals surface area contributed by atoms with Crippen molar-refractivity contribution in [3.63, 3.8) is 0 Å². The Morgan fingerprint density at radius 1 is 1.20 bits per heavy atom. The Morgan fingerprint density at radius 2 is 1.84 bits per heavy atom. The number of alkyl halides is 3. The Morgan fingerprint density at radius 3 is 2.40 bits per heavy atom. The number of carbonyl (C=O) groups excluding carboxylic acids is 1. The molecule has 0 aliphatic carbocycles. The van der Waals surface area contributed by atoms with E-state index in [9.17, 15) is 22.4 Å². The van der Waals surface area contributed by atoms with Crippen LogP contribution in [0.3, 0.4) is 0 Å². The molecule has 1 amide bonds. The molecule has 3 nitrogen and oxygen atoms in total. The summed E-state index contributed by atoms with van der Waals surface area (Å²) >= 11 is 5.54. The van der Waals surface area contributed by atoms with Gasteiger partial charge in [-0.2, -0.15) is 13.2 Å². The summed E-state index contributed by atoms with van der Waals surface area (Å²) in [6.45, 7) is 1.68. The molecule has 0 aliphatic heterocycles. The molecular weight excluding hydrogens is 362 g/mol. The number of halogens is 5. The van der Waals surface area contributed by atoms with Crippen LogP contribution in [0.15, 0.2) is 42.5 Å². The molecule has 0 aliphatic rings. The van der Waals surface area contributed by atoms with Gasteiger partial charge in [0, 0.05) is 5.69 Å². The lowest BCUT2D eigenvalue weighted by atomic mass is 10.1. The molecule has 0 unspecified atom stereocenters. The molecule has 0 heterocycles. The minimum Gasteiger partial charge on any atom is -0.481 e. The third-order valence-corrected chi connectivity index (χ3v) is 3.62. The second-order valence-electron chi connectivity index (χ2n) is 5.15. The third-order valence-electron chi connectivity index (χ3n) is 3.29. The lowest BCUT2D eigenvalue weighted by Gasteiger charge is -2.18. The summed E-state index contributed by atoms with van der Waals surface area (Å²) < 4.78 is 56.9. The maximum absolute atomic E-state index is 12.9. The Kier molecular flexibility index (Phi) is 5.89. The number of ether oxygens (including phenoxy) is 1. The van der Waals surface area contributed by atoms with Gasteiger partial charge in [0.15, 0.2) is 6.10 Å². The third kappa shape index (κ3) is 5.09. The Labute approximate surface area is 146 Å². The summed E-state index contributed by atoms with van der Waals surface area (Å²) in [5.41, 5.74) is -1.10. The van der Waals surface area contributed by atoms with Crippen molar-refractivity contribution in [2.75, 3.05) is 5.32 Å². The summed E-state index contributed by atoms with van der Waals surface area (Å²) in [4.78, 5) is 12.2. The summed E-state index contributed by atoms with van der Waals surface area (Å²) in [5.74, 6) is -0.802. The number of amides is 1. The van der Waals surface area contributed by atoms with Crippen LogP contribution in [0.5, 0.6) is 5.75 Å². The molecule has 0 spiro atoms. The van der Waals surface area contributed by atoms with Crippen LogP contribution < -0.4 is 10.1 Å². The van der Waals surface area contributed by atoms with Crippen molar-refractivity contribution in [3.8, 4) is 5.75 Å². The van der Waals surface area contributed by atoms with Crippen LogP contribution in [0.2, 0.25) is 5.02 Å².